The van der Waals surface area contributed by atoms with Gasteiger partial charge in [0, 0.05) is 18.9 Å². The van der Waals surface area contributed by atoms with Crippen LogP contribution in [-0.4, -0.2) is 17.0 Å². The van der Waals surface area contributed by atoms with Crippen molar-refractivity contribution in [1.82, 2.24) is 9.97 Å². The van der Waals surface area contributed by atoms with Gasteiger partial charge in [-0.25, -0.2) is 9.97 Å². The Kier molecular flexibility index (Phi) is 4.92. The van der Waals surface area contributed by atoms with Gasteiger partial charge in [-0.15, -0.1) is 0 Å². The average Bonchev–Trinajstić information content (AvgIpc) is 2.26. The maximum Gasteiger partial charge on any atom is 0.144 e. The Morgan fingerprint density at radius 2 is 1.88 bits per heavy atom. The molecule has 0 saturated heterocycles. The predicted octanol–water partition coefficient (Wildman–Crippen LogP) is 3.92. The van der Waals surface area contributed by atoms with Crippen molar-refractivity contribution < 1.29 is 0 Å². The van der Waals surface area contributed by atoms with Gasteiger partial charge < -0.3 is 5.32 Å². The number of nitrogens with one attached hydrogen (secondary N) is 1. The van der Waals surface area contributed by atoms with Crippen LogP contribution in [0, 0.1) is 0 Å². The third-order valence-corrected chi connectivity index (χ3v) is 3.35. The molecular formula is C13H22BrN3. The average molecular weight is 300 g/mol. The van der Waals surface area contributed by atoms with Crippen LogP contribution in [0.25, 0.3) is 0 Å². The second kappa shape index (κ2) is 5.80. The number of nitrogens with zero attached hydrogens (tertiary/aromatic N) is 2. The summed E-state index contributed by atoms with van der Waals surface area (Å²) in [7, 11) is 1.89. The van der Waals surface area contributed by atoms with E-state index in [0.717, 1.165) is 34.7 Å². The van der Waals surface area contributed by atoms with Crippen molar-refractivity contribution >= 4 is 21.7 Å². The molecule has 0 aromatic carbocycles. The first-order valence-electron chi connectivity index (χ1n) is 6.14. The molecule has 0 saturated carbocycles. The van der Waals surface area contributed by atoms with Crippen molar-refractivity contribution in [2.24, 2.45) is 0 Å². The summed E-state index contributed by atoms with van der Waals surface area (Å²) in [6, 6.07) is 0. The first-order chi connectivity index (χ1) is 7.90. The minimum Gasteiger partial charge on any atom is -0.372 e. The third-order valence-electron chi connectivity index (χ3n) is 2.60. The molecule has 1 aromatic rings. The van der Waals surface area contributed by atoms with Gasteiger partial charge in [0.25, 0.3) is 0 Å². The second-order valence-electron chi connectivity index (χ2n) is 5.25. The summed E-state index contributed by atoms with van der Waals surface area (Å²) in [6.45, 7) is 8.69. The summed E-state index contributed by atoms with van der Waals surface area (Å²) in [5.74, 6) is 1.82. The Hall–Kier alpha value is -0.640. The van der Waals surface area contributed by atoms with Gasteiger partial charge in [-0.05, 0) is 22.4 Å². The molecule has 4 heteroatoms. The van der Waals surface area contributed by atoms with E-state index in [1.54, 1.807) is 0 Å². The zero-order chi connectivity index (χ0) is 13.1. The van der Waals surface area contributed by atoms with Crippen molar-refractivity contribution in [3.63, 3.8) is 0 Å². The highest BCUT2D eigenvalue weighted by Crippen LogP contribution is 2.32. The van der Waals surface area contributed by atoms with Gasteiger partial charge in [0.05, 0.1) is 10.2 Å². The topological polar surface area (TPSA) is 37.8 Å². The molecule has 0 fully saturated rings. The number of anilines is 1. The molecule has 3 nitrogen and oxygen atoms in total. The van der Waals surface area contributed by atoms with Crippen molar-refractivity contribution in [2.75, 3.05) is 12.4 Å². The van der Waals surface area contributed by atoms with Gasteiger partial charge in [-0.1, -0.05) is 34.1 Å². The van der Waals surface area contributed by atoms with Crippen molar-refractivity contribution in [3.05, 3.63) is 16.0 Å². The Balaban J connectivity index is 3.19. The van der Waals surface area contributed by atoms with Crippen LogP contribution < -0.4 is 5.32 Å². The normalized spacial score (nSPS) is 11.6. The number of hydrogen-bond acceptors (Lipinski definition) is 3. The minimum atomic E-state index is 0.0222. The van der Waals surface area contributed by atoms with E-state index in [2.05, 4.69) is 53.9 Å². The Morgan fingerprint density at radius 3 is 2.35 bits per heavy atom. The number of aromatic nitrogens is 2. The highest BCUT2D eigenvalue weighted by Gasteiger charge is 2.22. The fraction of sp³-hybridized carbons (Fsp3) is 0.692. The maximum absolute atomic E-state index is 4.69. The Bertz CT molecular complexity index is 383. The lowest BCUT2D eigenvalue weighted by atomic mass is 9.92. The van der Waals surface area contributed by atoms with Gasteiger partial charge in [-0.3, -0.25) is 0 Å². The molecule has 1 N–H and O–H groups in total. The Morgan fingerprint density at radius 1 is 1.24 bits per heavy atom. The molecule has 1 aromatic heterocycles. The Labute approximate surface area is 113 Å². The van der Waals surface area contributed by atoms with Gasteiger partial charge in [0.15, 0.2) is 0 Å². The van der Waals surface area contributed by atoms with Crippen molar-refractivity contribution in [3.8, 4) is 0 Å². The summed E-state index contributed by atoms with van der Waals surface area (Å²) in [5.41, 5.74) is 1.09. The largest absolute Gasteiger partial charge is 0.372 e. The van der Waals surface area contributed by atoms with Crippen LogP contribution in [0.15, 0.2) is 4.47 Å². The molecule has 17 heavy (non-hydrogen) atoms. The lowest BCUT2D eigenvalue weighted by molar-refractivity contribution is 0.557. The lowest BCUT2D eigenvalue weighted by Crippen LogP contribution is -2.18. The first kappa shape index (κ1) is 14.4. The van der Waals surface area contributed by atoms with Crippen LogP contribution >= 0.6 is 15.9 Å². The van der Waals surface area contributed by atoms with Gasteiger partial charge in [-0.2, -0.15) is 0 Å². The van der Waals surface area contributed by atoms with E-state index in [-0.39, 0.29) is 5.41 Å². The van der Waals surface area contributed by atoms with E-state index in [1.807, 2.05) is 7.05 Å². The van der Waals surface area contributed by atoms with Gasteiger partial charge in [0.2, 0.25) is 0 Å². The van der Waals surface area contributed by atoms with E-state index < -0.39 is 0 Å². The molecule has 0 radical (unpaired) electrons. The molecule has 0 amide bonds. The molecule has 0 bridgehead atoms. The summed E-state index contributed by atoms with van der Waals surface area (Å²) in [5, 5.41) is 3.13. The molecule has 0 aliphatic carbocycles. The van der Waals surface area contributed by atoms with Crippen LogP contribution in [0.1, 0.15) is 52.1 Å². The fourth-order valence-corrected chi connectivity index (χ4v) is 2.57. The highest BCUT2D eigenvalue weighted by molar-refractivity contribution is 9.10. The smallest absolute Gasteiger partial charge is 0.144 e. The quantitative estimate of drug-likeness (QED) is 0.915. The van der Waals surface area contributed by atoms with Crippen LogP contribution in [0.2, 0.25) is 0 Å². The van der Waals surface area contributed by atoms with E-state index >= 15 is 0 Å². The number of unbranched alkanes of at least 4 members (excludes halogenated alkanes) is 1. The second-order valence-corrected chi connectivity index (χ2v) is 6.05. The zero-order valence-electron chi connectivity index (χ0n) is 11.4. The number of rotatable bonds is 4. The standard InChI is InChI=1S/C13H22BrN3/c1-6-7-8-9-16-11(13(2,3)4)10(14)12(15-5)17-9/h6-8H2,1-5H3,(H,15,16,17). The molecule has 0 spiro atoms. The lowest BCUT2D eigenvalue weighted by Gasteiger charge is -2.21. The van der Waals surface area contributed by atoms with Gasteiger partial charge in [0.1, 0.15) is 11.6 Å². The molecule has 1 rings (SSSR count). The predicted molar refractivity (Wildman–Crippen MR) is 76.6 cm³/mol. The summed E-state index contributed by atoms with van der Waals surface area (Å²) in [6.07, 6.45) is 3.25. The molecular weight excluding hydrogens is 278 g/mol. The molecule has 1 heterocycles. The minimum absolute atomic E-state index is 0.0222. The van der Waals surface area contributed by atoms with Crippen LogP contribution in [-0.2, 0) is 11.8 Å². The number of hydrogen-bond donors (Lipinski definition) is 1. The summed E-state index contributed by atoms with van der Waals surface area (Å²) < 4.78 is 0.979. The molecule has 0 aliphatic rings. The van der Waals surface area contributed by atoms with Crippen LogP contribution in [0.5, 0.6) is 0 Å². The molecule has 0 unspecified atom stereocenters. The first-order valence-corrected chi connectivity index (χ1v) is 6.94. The highest BCUT2D eigenvalue weighted by atomic mass is 79.9. The van der Waals surface area contributed by atoms with Crippen LogP contribution in [0.4, 0.5) is 5.82 Å². The van der Waals surface area contributed by atoms with Gasteiger partial charge >= 0.3 is 0 Å². The molecule has 0 aliphatic heterocycles. The zero-order valence-corrected chi connectivity index (χ0v) is 13.0. The van der Waals surface area contributed by atoms with E-state index in [1.165, 1.54) is 6.42 Å². The van der Waals surface area contributed by atoms with Crippen molar-refractivity contribution in [1.29, 1.82) is 0 Å². The van der Waals surface area contributed by atoms with E-state index in [4.69, 9.17) is 4.98 Å². The number of aryl methyl sites for hydroxylation is 1. The maximum atomic E-state index is 4.69. The fourth-order valence-electron chi connectivity index (χ4n) is 1.60. The molecule has 96 valence electrons. The summed E-state index contributed by atoms with van der Waals surface area (Å²) in [4.78, 5) is 9.23. The molecule has 0 atom stereocenters. The monoisotopic (exact) mass is 299 g/mol. The third kappa shape index (κ3) is 3.66. The van der Waals surface area contributed by atoms with E-state index in [0.29, 0.717) is 0 Å². The number of halogens is 1. The van der Waals surface area contributed by atoms with E-state index in [9.17, 15) is 0 Å². The van der Waals surface area contributed by atoms with Crippen LogP contribution in [0.3, 0.4) is 0 Å². The van der Waals surface area contributed by atoms with Crippen molar-refractivity contribution in [2.45, 2.75) is 52.4 Å². The summed E-state index contributed by atoms with van der Waals surface area (Å²) >= 11 is 3.59. The SMILES string of the molecule is CCCCc1nc(NC)c(Br)c(C(C)(C)C)n1.